The first-order valence-corrected chi connectivity index (χ1v) is 6.20. The number of nitrogens with two attached hydrogens (primary N) is 1. The predicted octanol–water partition coefficient (Wildman–Crippen LogP) is 3.53. The molecule has 3 aromatic rings. The van der Waals surface area contributed by atoms with Gasteiger partial charge in [0.25, 0.3) is 0 Å². The molecule has 2 heterocycles. The summed E-state index contributed by atoms with van der Waals surface area (Å²) in [5.74, 6) is 0. The molecule has 0 unspecified atom stereocenters. The third-order valence-corrected chi connectivity index (χ3v) is 3.63. The van der Waals surface area contributed by atoms with Crippen LogP contribution in [0.1, 0.15) is 0 Å². The Morgan fingerprint density at radius 2 is 2.06 bits per heavy atom. The van der Waals surface area contributed by atoms with Crippen LogP contribution in [0.3, 0.4) is 0 Å². The van der Waals surface area contributed by atoms with E-state index >= 15 is 0 Å². The van der Waals surface area contributed by atoms with E-state index in [0.29, 0.717) is 5.69 Å². The summed E-state index contributed by atoms with van der Waals surface area (Å²) in [5, 5.41) is 6.45. The van der Waals surface area contributed by atoms with Gasteiger partial charge in [-0.15, -0.1) is 11.3 Å². The first-order chi connectivity index (χ1) is 8.74. The van der Waals surface area contributed by atoms with Gasteiger partial charge in [-0.3, -0.25) is 5.10 Å². The van der Waals surface area contributed by atoms with Crippen molar-refractivity contribution in [3.05, 3.63) is 47.9 Å². The average molecular weight is 259 g/mol. The van der Waals surface area contributed by atoms with Crippen LogP contribution in [0.4, 0.5) is 10.1 Å². The van der Waals surface area contributed by atoms with E-state index in [4.69, 9.17) is 5.73 Å². The molecule has 0 aliphatic heterocycles. The maximum Gasteiger partial charge on any atom is 0.176 e. The molecule has 0 bridgehead atoms. The number of thiophene rings is 1. The van der Waals surface area contributed by atoms with Crippen molar-refractivity contribution in [2.24, 2.45) is 0 Å². The van der Waals surface area contributed by atoms with E-state index in [-0.39, 0.29) is 5.13 Å². The monoisotopic (exact) mass is 259 g/mol. The van der Waals surface area contributed by atoms with Crippen molar-refractivity contribution in [1.29, 1.82) is 0 Å². The quantitative estimate of drug-likeness (QED) is 0.692. The first kappa shape index (κ1) is 11.0. The van der Waals surface area contributed by atoms with Crippen molar-refractivity contribution in [3.63, 3.8) is 0 Å². The second-order valence-electron chi connectivity index (χ2n) is 3.89. The minimum absolute atomic E-state index is 0.205. The predicted molar refractivity (Wildman–Crippen MR) is 71.7 cm³/mol. The molecule has 90 valence electrons. The molecule has 0 spiro atoms. The summed E-state index contributed by atoms with van der Waals surface area (Å²) in [5.41, 5.74) is 9.48. The number of benzene rings is 1. The summed E-state index contributed by atoms with van der Waals surface area (Å²) >= 11 is 1.09. The number of rotatable bonds is 2. The zero-order valence-corrected chi connectivity index (χ0v) is 10.2. The normalized spacial score (nSPS) is 10.7. The Morgan fingerprint density at radius 1 is 1.17 bits per heavy atom. The van der Waals surface area contributed by atoms with Crippen LogP contribution in [0.2, 0.25) is 0 Å². The standard InChI is InChI=1S/C13H10FN3S/c14-13-4-3-12(18-13)10-2-1-8(5-11(10)15)9-6-16-17-7-9/h1-7H,15H2,(H,16,17). The summed E-state index contributed by atoms with van der Waals surface area (Å²) < 4.78 is 13.0. The molecule has 0 amide bonds. The van der Waals surface area contributed by atoms with E-state index in [1.165, 1.54) is 6.07 Å². The lowest BCUT2D eigenvalue weighted by molar-refractivity contribution is 0.657. The minimum atomic E-state index is -0.205. The number of hydrogen-bond acceptors (Lipinski definition) is 3. The smallest absolute Gasteiger partial charge is 0.176 e. The van der Waals surface area contributed by atoms with E-state index in [1.807, 2.05) is 18.2 Å². The number of aromatic amines is 1. The van der Waals surface area contributed by atoms with E-state index in [2.05, 4.69) is 10.2 Å². The Hall–Kier alpha value is -2.14. The van der Waals surface area contributed by atoms with Crippen molar-refractivity contribution in [1.82, 2.24) is 10.2 Å². The van der Waals surface area contributed by atoms with Crippen LogP contribution in [0, 0.1) is 5.13 Å². The van der Waals surface area contributed by atoms with Crippen LogP contribution in [-0.4, -0.2) is 10.2 Å². The molecule has 1 aromatic carbocycles. The Morgan fingerprint density at radius 3 is 2.67 bits per heavy atom. The lowest BCUT2D eigenvalue weighted by atomic mass is 10.0. The molecular formula is C13H10FN3S. The van der Waals surface area contributed by atoms with Gasteiger partial charge in [0, 0.05) is 27.9 Å². The second-order valence-corrected chi connectivity index (χ2v) is 4.93. The molecule has 0 aliphatic rings. The Balaban J connectivity index is 2.04. The third-order valence-electron chi connectivity index (χ3n) is 2.72. The van der Waals surface area contributed by atoms with Crippen LogP contribution >= 0.6 is 11.3 Å². The molecular weight excluding hydrogens is 249 g/mol. The lowest BCUT2D eigenvalue weighted by Gasteiger charge is -2.05. The van der Waals surface area contributed by atoms with Gasteiger partial charge in [0.1, 0.15) is 0 Å². The molecule has 3 N–H and O–H groups in total. The van der Waals surface area contributed by atoms with Gasteiger partial charge in [-0.25, -0.2) is 0 Å². The van der Waals surface area contributed by atoms with Gasteiger partial charge in [0.05, 0.1) is 6.20 Å². The highest BCUT2D eigenvalue weighted by atomic mass is 32.1. The number of H-pyrrole nitrogens is 1. The van der Waals surface area contributed by atoms with Gasteiger partial charge in [-0.05, 0) is 23.8 Å². The van der Waals surface area contributed by atoms with Crippen molar-refractivity contribution < 1.29 is 4.39 Å². The van der Waals surface area contributed by atoms with Crippen LogP contribution in [0.25, 0.3) is 21.6 Å². The molecule has 3 nitrogen and oxygen atoms in total. The Bertz CT molecular complexity index is 673. The van der Waals surface area contributed by atoms with E-state index in [9.17, 15) is 4.39 Å². The summed E-state index contributed by atoms with van der Waals surface area (Å²) in [7, 11) is 0. The fraction of sp³-hybridized carbons (Fsp3) is 0. The maximum atomic E-state index is 13.0. The van der Waals surface area contributed by atoms with Gasteiger partial charge in [0.15, 0.2) is 5.13 Å². The van der Waals surface area contributed by atoms with E-state index < -0.39 is 0 Å². The number of anilines is 1. The van der Waals surface area contributed by atoms with Crippen molar-refractivity contribution in [2.75, 3.05) is 5.73 Å². The number of hydrogen-bond donors (Lipinski definition) is 2. The molecule has 18 heavy (non-hydrogen) atoms. The number of nitrogens with one attached hydrogen (secondary N) is 1. The molecule has 0 saturated heterocycles. The molecule has 0 saturated carbocycles. The highest BCUT2D eigenvalue weighted by Crippen LogP contribution is 2.34. The lowest BCUT2D eigenvalue weighted by Crippen LogP contribution is -1.89. The summed E-state index contributed by atoms with van der Waals surface area (Å²) in [6, 6.07) is 8.92. The van der Waals surface area contributed by atoms with Gasteiger partial charge in [0.2, 0.25) is 0 Å². The fourth-order valence-corrected chi connectivity index (χ4v) is 2.61. The summed E-state index contributed by atoms with van der Waals surface area (Å²) in [4.78, 5) is 0.837. The summed E-state index contributed by atoms with van der Waals surface area (Å²) in [6.45, 7) is 0. The van der Waals surface area contributed by atoms with Crippen LogP contribution in [0.5, 0.6) is 0 Å². The number of nitrogen functional groups attached to an aromatic ring is 1. The van der Waals surface area contributed by atoms with Gasteiger partial charge < -0.3 is 5.73 Å². The molecule has 0 aliphatic carbocycles. The highest BCUT2D eigenvalue weighted by Gasteiger charge is 2.08. The number of nitrogens with zero attached hydrogens (tertiary/aromatic N) is 1. The molecule has 3 rings (SSSR count). The third kappa shape index (κ3) is 1.89. The SMILES string of the molecule is Nc1cc(-c2cn[nH]c2)ccc1-c1ccc(F)s1. The average Bonchev–Trinajstić information content (AvgIpc) is 2.99. The van der Waals surface area contributed by atoms with E-state index in [1.54, 1.807) is 18.5 Å². The molecule has 2 aromatic heterocycles. The Labute approximate surface area is 107 Å². The molecule has 0 atom stereocenters. The zero-order valence-electron chi connectivity index (χ0n) is 9.35. The van der Waals surface area contributed by atoms with E-state index in [0.717, 1.165) is 32.9 Å². The summed E-state index contributed by atoms with van der Waals surface area (Å²) in [6.07, 6.45) is 3.54. The largest absolute Gasteiger partial charge is 0.398 e. The van der Waals surface area contributed by atoms with Gasteiger partial charge in [-0.1, -0.05) is 12.1 Å². The van der Waals surface area contributed by atoms with Crippen molar-refractivity contribution in [3.8, 4) is 21.6 Å². The fourth-order valence-electron chi connectivity index (χ4n) is 1.83. The van der Waals surface area contributed by atoms with Crippen LogP contribution in [-0.2, 0) is 0 Å². The first-order valence-electron chi connectivity index (χ1n) is 5.38. The van der Waals surface area contributed by atoms with Crippen molar-refractivity contribution >= 4 is 17.0 Å². The number of aromatic nitrogens is 2. The topological polar surface area (TPSA) is 54.7 Å². The zero-order chi connectivity index (χ0) is 12.5. The van der Waals surface area contributed by atoms with Gasteiger partial charge >= 0.3 is 0 Å². The van der Waals surface area contributed by atoms with Crippen LogP contribution in [0.15, 0.2) is 42.7 Å². The Kier molecular flexibility index (Phi) is 2.60. The number of halogens is 1. The van der Waals surface area contributed by atoms with Gasteiger partial charge in [-0.2, -0.15) is 9.49 Å². The minimum Gasteiger partial charge on any atom is -0.398 e. The molecule has 5 heteroatoms. The second kappa shape index (κ2) is 4.27. The molecule has 0 fully saturated rings. The van der Waals surface area contributed by atoms with Crippen molar-refractivity contribution in [2.45, 2.75) is 0 Å². The maximum absolute atomic E-state index is 13.0. The van der Waals surface area contributed by atoms with Crippen LogP contribution < -0.4 is 5.73 Å². The molecule has 0 radical (unpaired) electrons. The highest BCUT2D eigenvalue weighted by molar-refractivity contribution is 7.13.